The Balaban J connectivity index is 2.81. The van der Waals surface area contributed by atoms with E-state index in [4.69, 9.17) is 17.2 Å². The van der Waals surface area contributed by atoms with Crippen molar-refractivity contribution in [3.63, 3.8) is 0 Å². The summed E-state index contributed by atoms with van der Waals surface area (Å²) in [5.41, 5.74) is 16.8. The minimum absolute atomic E-state index is 0.0181. The summed E-state index contributed by atoms with van der Waals surface area (Å²) in [6.45, 7) is 0. The lowest BCUT2D eigenvalue weighted by Crippen LogP contribution is -2.08. The summed E-state index contributed by atoms with van der Waals surface area (Å²) < 4.78 is 0. The average Bonchev–Trinajstić information content (AvgIpc) is 2.10. The number of carbonyl (C=O) groups excluding carboxylic acids is 1. The molecule has 72 valence electrons. The Bertz CT molecular complexity index is 417. The van der Waals surface area contributed by atoms with Gasteiger partial charge < -0.3 is 17.2 Å². The van der Waals surface area contributed by atoms with Crippen molar-refractivity contribution in [3.05, 3.63) is 17.8 Å². The number of aromatic nitrogens is 1. The number of carbonyl (C=O) groups is 1. The van der Waals surface area contributed by atoms with Gasteiger partial charge in [0.05, 0.1) is 12.1 Å². The first-order chi connectivity index (χ1) is 6.59. The summed E-state index contributed by atoms with van der Waals surface area (Å²) in [6.07, 6.45) is 1.50. The van der Waals surface area contributed by atoms with Crippen molar-refractivity contribution in [2.45, 2.75) is 6.42 Å². The molecule has 1 heterocycles. The van der Waals surface area contributed by atoms with E-state index in [1.807, 2.05) is 0 Å². The van der Waals surface area contributed by atoms with Gasteiger partial charge in [-0.2, -0.15) is 0 Å². The molecular weight excluding hydrogens is 180 g/mol. The number of nitrogens with zero attached hydrogens (tertiary/aromatic N) is 1. The molecule has 1 aromatic rings. The molecule has 0 atom stereocenters. The summed E-state index contributed by atoms with van der Waals surface area (Å²) in [7, 11) is 0. The zero-order chi connectivity index (χ0) is 10.6. The van der Waals surface area contributed by atoms with Crippen molar-refractivity contribution < 1.29 is 4.79 Å². The lowest BCUT2D eigenvalue weighted by atomic mass is 10.2. The second-order valence-corrected chi connectivity index (χ2v) is 2.64. The fraction of sp³-hybridized carbons (Fsp3) is 0.111. The van der Waals surface area contributed by atoms with E-state index < -0.39 is 5.91 Å². The van der Waals surface area contributed by atoms with Crippen LogP contribution in [0.1, 0.15) is 12.0 Å². The molecule has 1 rings (SSSR count). The lowest BCUT2D eigenvalue weighted by Gasteiger charge is -1.97. The fourth-order valence-corrected chi connectivity index (χ4v) is 0.794. The van der Waals surface area contributed by atoms with E-state index in [2.05, 4.69) is 16.8 Å². The minimum Gasteiger partial charge on any atom is -0.396 e. The van der Waals surface area contributed by atoms with Crippen LogP contribution in [-0.2, 0) is 4.79 Å². The van der Waals surface area contributed by atoms with Gasteiger partial charge in [0.2, 0.25) is 5.91 Å². The quantitative estimate of drug-likeness (QED) is 0.517. The van der Waals surface area contributed by atoms with Crippen LogP contribution >= 0.6 is 0 Å². The Morgan fingerprint density at radius 1 is 1.50 bits per heavy atom. The maximum Gasteiger partial charge on any atom is 0.229 e. The van der Waals surface area contributed by atoms with Crippen molar-refractivity contribution in [3.8, 4) is 11.8 Å². The van der Waals surface area contributed by atoms with E-state index in [0.717, 1.165) is 0 Å². The number of nitrogens with two attached hydrogens (primary N) is 3. The van der Waals surface area contributed by atoms with Crippen LogP contribution in [0, 0.1) is 11.8 Å². The smallest absolute Gasteiger partial charge is 0.229 e. The Morgan fingerprint density at radius 3 is 2.79 bits per heavy atom. The molecule has 0 aliphatic carbocycles. The molecule has 14 heavy (non-hydrogen) atoms. The third kappa shape index (κ3) is 2.68. The summed E-state index contributed by atoms with van der Waals surface area (Å²) >= 11 is 0. The molecule has 0 radical (unpaired) electrons. The molecule has 0 saturated carbocycles. The summed E-state index contributed by atoms with van der Waals surface area (Å²) in [4.78, 5) is 14.2. The van der Waals surface area contributed by atoms with Gasteiger partial charge in [-0.1, -0.05) is 11.8 Å². The van der Waals surface area contributed by atoms with Crippen LogP contribution in [-0.4, -0.2) is 10.9 Å². The van der Waals surface area contributed by atoms with Gasteiger partial charge in [-0.15, -0.1) is 0 Å². The first-order valence-electron chi connectivity index (χ1n) is 3.88. The number of primary amides is 1. The van der Waals surface area contributed by atoms with Crippen LogP contribution < -0.4 is 17.2 Å². The maximum atomic E-state index is 10.4. The zero-order valence-corrected chi connectivity index (χ0v) is 7.45. The molecular formula is C9H10N4O. The normalized spacial score (nSPS) is 8.86. The lowest BCUT2D eigenvalue weighted by molar-refractivity contribution is -0.117. The molecule has 1 aromatic heterocycles. The molecule has 0 fully saturated rings. The number of rotatable bonds is 1. The summed E-state index contributed by atoms with van der Waals surface area (Å²) in [5.74, 6) is 5.09. The molecule has 0 aliphatic rings. The van der Waals surface area contributed by atoms with Crippen LogP contribution in [0.15, 0.2) is 12.3 Å². The SMILES string of the molecule is NC(=O)CC#Cc1cnc(N)c(N)c1. The van der Waals surface area contributed by atoms with Gasteiger partial charge in [-0.25, -0.2) is 4.98 Å². The second kappa shape index (κ2) is 4.14. The van der Waals surface area contributed by atoms with Crippen molar-refractivity contribution in [1.82, 2.24) is 4.98 Å². The van der Waals surface area contributed by atoms with Gasteiger partial charge in [-0.05, 0) is 6.07 Å². The first-order valence-corrected chi connectivity index (χ1v) is 3.88. The van der Waals surface area contributed by atoms with Crippen LogP contribution in [0.3, 0.4) is 0 Å². The highest BCUT2D eigenvalue weighted by Gasteiger charge is 1.95. The van der Waals surface area contributed by atoms with Crippen LogP contribution in [0.2, 0.25) is 0 Å². The topological polar surface area (TPSA) is 108 Å². The Labute approximate surface area is 81.3 Å². The molecule has 1 amide bonds. The number of anilines is 2. The first kappa shape index (κ1) is 9.86. The molecule has 0 aromatic carbocycles. The minimum atomic E-state index is -0.464. The monoisotopic (exact) mass is 190 g/mol. The van der Waals surface area contributed by atoms with Crippen molar-refractivity contribution in [1.29, 1.82) is 0 Å². The van der Waals surface area contributed by atoms with Gasteiger partial charge in [0.1, 0.15) is 5.82 Å². The van der Waals surface area contributed by atoms with Gasteiger partial charge in [0, 0.05) is 11.8 Å². The molecule has 0 bridgehead atoms. The largest absolute Gasteiger partial charge is 0.396 e. The Morgan fingerprint density at radius 2 is 2.21 bits per heavy atom. The number of pyridine rings is 1. The second-order valence-electron chi connectivity index (χ2n) is 2.64. The number of nitrogen functional groups attached to an aromatic ring is 2. The van der Waals surface area contributed by atoms with Crippen molar-refractivity contribution in [2.24, 2.45) is 5.73 Å². The van der Waals surface area contributed by atoms with Crippen molar-refractivity contribution >= 4 is 17.4 Å². The predicted octanol–water partition coefficient (Wildman–Crippen LogP) is -0.527. The number of hydrogen-bond acceptors (Lipinski definition) is 4. The highest BCUT2D eigenvalue weighted by molar-refractivity contribution is 5.76. The molecule has 0 spiro atoms. The standard InChI is InChI=1S/C9H10N4O/c10-7-4-6(5-13-9(7)12)2-1-3-8(11)14/h4-5H,3,10H2,(H2,11,14)(H2,12,13). The van der Waals surface area contributed by atoms with Crippen LogP contribution in [0.25, 0.3) is 0 Å². The molecule has 5 heteroatoms. The molecule has 5 nitrogen and oxygen atoms in total. The van der Waals surface area contributed by atoms with Gasteiger partial charge in [0.15, 0.2) is 0 Å². The van der Waals surface area contributed by atoms with Gasteiger partial charge in [-0.3, -0.25) is 4.79 Å². The Kier molecular flexibility index (Phi) is 2.92. The number of amides is 1. The van der Waals surface area contributed by atoms with E-state index in [-0.39, 0.29) is 12.2 Å². The molecule has 0 unspecified atom stereocenters. The van der Waals surface area contributed by atoms with Crippen LogP contribution in [0.4, 0.5) is 11.5 Å². The highest BCUT2D eigenvalue weighted by Crippen LogP contribution is 2.11. The van der Waals surface area contributed by atoms with E-state index >= 15 is 0 Å². The Hall–Kier alpha value is -2.22. The maximum absolute atomic E-state index is 10.4. The highest BCUT2D eigenvalue weighted by atomic mass is 16.1. The number of hydrogen-bond donors (Lipinski definition) is 3. The van der Waals surface area contributed by atoms with E-state index in [1.165, 1.54) is 6.20 Å². The van der Waals surface area contributed by atoms with Gasteiger partial charge in [0.25, 0.3) is 0 Å². The van der Waals surface area contributed by atoms with Gasteiger partial charge >= 0.3 is 0 Å². The fourth-order valence-electron chi connectivity index (χ4n) is 0.794. The third-order valence-electron chi connectivity index (χ3n) is 1.44. The van der Waals surface area contributed by atoms with E-state index in [1.54, 1.807) is 6.07 Å². The molecule has 6 N–H and O–H groups in total. The summed E-state index contributed by atoms with van der Waals surface area (Å²) in [6, 6.07) is 1.59. The van der Waals surface area contributed by atoms with Crippen molar-refractivity contribution in [2.75, 3.05) is 11.5 Å². The van der Waals surface area contributed by atoms with E-state index in [9.17, 15) is 4.79 Å². The molecule has 0 saturated heterocycles. The third-order valence-corrected chi connectivity index (χ3v) is 1.44. The summed E-state index contributed by atoms with van der Waals surface area (Å²) in [5, 5.41) is 0. The molecule has 0 aliphatic heterocycles. The zero-order valence-electron chi connectivity index (χ0n) is 7.45. The van der Waals surface area contributed by atoms with E-state index in [0.29, 0.717) is 11.3 Å². The van der Waals surface area contributed by atoms with Crippen LogP contribution in [0.5, 0.6) is 0 Å². The predicted molar refractivity (Wildman–Crippen MR) is 53.8 cm³/mol. The average molecular weight is 190 g/mol.